The molecule has 1 aromatic heterocycles. The van der Waals surface area contributed by atoms with E-state index in [0.717, 1.165) is 5.56 Å². The fourth-order valence-electron chi connectivity index (χ4n) is 2.02. The molecular formula is C17H20N2O2. The van der Waals surface area contributed by atoms with E-state index in [2.05, 4.69) is 4.99 Å². The molecular weight excluding hydrogens is 264 g/mol. The average Bonchev–Trinajstić information content (AvgIpc) is 2.48. The number of ether oxygens (including phenoxy) is 1. The van der Waals surface area contributed by atoms with Gasteiger partial charge in [0.15, 0.2) is 0 Å². The maximum atomic E-state index is 12.6. The number of nitrogens with zero attached hydrogens (tertiary/aromatic N) is 2. The summed E-state index contributed by atoms with van der Waals surface area (Å²) in [5.41, 5.74) is 2.34. The van der Waals surface area contributed by atoms with E-state index < -0.39 is 0 Å². The Kier molecular flexibility index (Phi) is 5.06. The standard InChI is InChI=1S/C17H20N2O2/c1-13(2)18-16-6-4-5-11-19(16)17(20)15-9-7-14(8-10-15)12-21-3/h4-11,13H,12H2,1-3H3. The van der Waals surface area contributed by atoms with E-state index in [9.17, 15) is 4.79 Å². The van der Waals surface area contributed by atoms with E-state index in [1.165, 1.54) is 0 Å². The fourth-order valence-corrected chi connectivity index (χ4v) is 2.02. The van der Waals surface area contributed by atoms with E-state index in [4.69, 9.17) is 4.74 Å². The smallest absolute Gasteiger partial charge is 0.263 e. The van der Waals surface area contributed by atoms with Gasteiger partial charge in [-0.3, -0.25) is 14.4 Å². The van der Waals surface area contributed by atoms with Crippen molar-refractivity contribution in [2.75, 3.05) is 7.11 Å². The molecule has 0 spiro atoms. The molecule has 0 unspecified atom stereocenters. The first-order chi connectivity index (χ1) is 10.1. The Morgan fingerprint density at radius 3 is 2.52 bits per heavy atom. The number of carbonyl (C=O) groups is 1. The number of hydrogen-bond donors (Lipinski definition) is 0. The molecule has 0 amide bonds. The molecule has 21 heavy (non-hydrogen) atoms. The first kappa shape index (κ1) is 15.2. The van der Waals surface area contributed by atoms with E-state index >= 15 is 0 Å². The molecule has 2 aromatic rings. The zero-order valence-corrected chi connectivity index (χ0v) is 12.6. The summed E-state index contributed by atoms with van der Waals surface area (Å²) in [6.07, 6.45) is 1.74. The molecule has 1 heterocycles. The van der Waals surface area contributed by atoms with Crippen LogP contribution in [0.4, 0.5) is 0 Å². The van der Waals surface area contributed by atoms with Gasteiger partial charge in [-0.05, 0) is 43.7 Å². The van der Waals surface area contributed by atoms with Crippen molar-refractivity contribution < 1.29 is 9.53 Å². The van der Waals surface area contributed by atoms with Gasteiger partial charge in [0.25, 0.3) is 5.91 Å². The number of carbonyl (C=O) groups excluding carboxylic acids is 1. The highest BCUT2D eigenvalue weighted by Crippen LogP contribution is 2.07. The van der Waals surface area contributed by atoms with Gasteiger partial charge >= 0.3 is 0 Å². The van der Waals surface area contributed by atoms with E-state index in [-0.39, 0.29) is 11.9 Å². The molecule has 1 aromatic carbocycles. The normalized spacial score (nSPS) is 11.9. The Morgan fingerprint density at radius 1 is 1.19 bits per heavy atom. The van der Waals surface area contributed by atoms with Crippen LogP contribution in [0.1, 0.15) is 29.8 Å². The Morgan fingerprint density at radius 2 is 1.90 bits per heavy atom. The van der Waals surface area contributed by atoms with Crippen molar-refractivity contribution in [2.24, 2.45) is 4.99 Å². The van der Waals surface area contributed by atoms with E-state index in [1.807, 2.05) is 56.3 Å². The molecule has 2 rings (SSSR count). The number of rotatable bonds is 4. The monoisotopic (exact) mass is 284 g/mol. The van der Waals surface area contributed by atoms with Gasteiger partial charge in [0, 0.05) is 24.9 Å². The summed E-state index contributed by atoms with van der Waals surface area (Å²) in [5, 5.41) is 0. The van der Waals surface area contributed by atoms with Crippen molar-refractivity contribution in [1.29, 1.82) is 0 Å². The number of pyridine rings is 1. The van der Waals surface area contributed by atoms with E-state index in [0.29, 0.717) is 17.7 Å². The molecule has 4 nitrogen and oxygen atoms in total. The maximum absolute atomic E-state index is 12.6. The van der Waals surface area contributed by atoms with Gasteiger partial charge in [0.2, 0.25) is 0 Å². The van der Waals surface area contributed by atoms with Crippen LogP contribution in [0.15, 0.2) is 53.7 Å². The van der Waals surface area contributed by atoms with E-state index in [1.54, 1.807) is 17.9 Å². The van der Waals surface area contributed by atoms with Crippen molar-refractivity contribution in [3.63, 3.8) is 0 Å². The minimum Gasteiger partial charge on any atom is -0.380 e. The minimum absolute atomic E-state index is 0.0843. The third kappa shape index (κ3) is 3.89. The summed E-state index contributed by atoms with van der Waals surface area (Å²) >= 11 is 0. The molecule has 0 N–H and O–H groups in total. The lowest BCUT2D eigenvalue weighted by molar-refractivity contribution is 0.0954. The molecule has 0 saturated carbocycles. The summed E-state index contributed by atoms with van der Waals surface area (Å²) in [6, 6.07) is 13.1. The molecule has 4 heteroatoms. The Bertz CT molecular complexity index is 670. The second-order valence-electron chi connectivity index (χ2n) is 5.09. The molecule has 0 saturated heterocycles. The number of aromatic nitrogens is 1. The zero-order valence-electron chi connectivity index (χ0n) is 12.6. The number of methoxy groups -OCH3 is 1. The second-order valence-corrected chi connectivity index (χ2v) is 5.09. The van der Waals surface area contributed by atoms with Gasteiger partial charge < -0.3 is 4.74 Å². The van der Waals surface area contributed by atoms with Crippen LogP contribution in [0.5, 0.6) is 0 Å². The number of hydrogen-bond acceptors (Lipinski definition) is 3. The van der Waals surface area contributed by atoms with Crippen LogP contribution >= 0.6 is 0 Å². The van der Waals surface area contributed by atoms with Crippen LogP contribution in [-0.4, -0.2) is 23.6 Å². The molecule has 0 aliphatic rings. The highest BCUT2D eigenvalue weighted by atomic mass is 16.5. The summed E-state index contributed by atoms with van der Waals surface area (Å²) in [6.45, 7) is 4.52. The van der Waals surface area contributed by atoms with Gasteiger partial charge in [-0.25, -0.2) is 0 Å². The van der Waals surface area contributed by atoms with Crippen LogP contribution in [0.2, 0.25) is 0 Å². The quantitative estimate of drug-likeness (QED) is 0.866. The van der Waals surface area contributed by atoms with Gasteiger partial charge in [0.05, 0.1) is 6.61 Å². The maximum Gasteiger partial charge on any atom is 0.263 e. The van der Waals surface area contributed by atoms with Crippen LogP contribution < -0.4 is 5.49 Å². The number of benzene rings is 1. The Hall–Kier alpha value is -2.20. The van der Waals surface area contributed by atoms with Crippen molar-refractivity contribution >= 4 is 5.91 Å². The van der Waals surface area contributed by atoms with Crippen LogP contribution in [0.3, 0.4) is 0 Å². The van der Waals surface area contributed by atoms with Crippen molar-refractivity contribution in [3.8, 4) is 0 Å². The fraction of sp³-hybridized carbons (Fsp3) is 0.294. The summed E-state index contributed by atoms with van der Waals surface area (Å²) in [5.74, 6) is -0.0843. The Labute approximate surface area is 124 Å². The lowest BCUT2D eigenvalue weighted by Crippen LogP contribution is -2.28. The van der Waals surface area contributed by atoms with Crippen LogP contribution in [-0.2, 0) is 11.3 Å². The first-order valence-corrected chi connectivity index (χ1v) is 6.96. The lowest BCUT2D eigenvalue weighted by Gasteiger charge is -2.08. The van der Waals surface area contributed by atoms with Crippen LogP contribution in [0, 0.1) is 0 Å². The van der Waals surface area contributed by atoms with Crippen molar-refractivity contribution in [1.82, 2.24) is 4.57 Å². The van der Waals surface area contributed by atoms with Gasteiger partial charge in [0.1, 0.15) is 5.49 Å². The highest BCUT2D eigenvalue weighted by molar-refractivity contribution is 5.95. The minimum atomic E-state index is -0.0843. The van der Waals surface area contributed by atoms with Gasteiger partial charge in [-0.15, -0.1) is 0 Å². The summed E-state index contributed by atoms with van der Waals surface area (Å²) in [7, 11) is 1.65. The summed E-state index contributed by atoms with van der Waals surface area (Å²) in [4.78, 5) is 17.1. The topological polar surface area (TPSA) is 43.6 Å². The molecule has 0 radical (unpaired) electrons. The Balaban J connectivity index is 2.36. The third-order valence-corrected chi connectivity index (χ3v) is 2.96. The van der Waals surface area contributed by atoms with Gasteiger partial charge in [-0.2, -0.15) is 0 Å². The molecule has 0 atom stereocenters. The van der Waals surface area contributed by atoms with Gasteiger partial charge in [-0.1, -0.05) is 18.2 Å². The predicted octanol–water partition coefficient (Wildman–Crippen LogP) is 2.63. The first-order valence-electron chi connectivity index (χ1n) is 6.96. The molecule has 0 bridgehead atoms. The van der Waals surface area contributed by atoms with Crippen molar-refractivity contribution in [3.05, 3.63) is 65.3 Å². The van der Waals surface area contributed by atoms with Crippen LogP contribution in [0.25, 0.3) is 0 Å². The lowest BCUT2D eigenvalue weighted by atomic mass is 10.1. The SMILES string of the molecule is COCc1ccc(C(=O)n2ccccc2=NC(C)C)cc1. The summed E-state index contributed by atoms with van der Waals surface area (Å²) < 4.78 is 6.65. The average molecular weight is 284 g/mol. The predicted molar refractivity (Wildman–Crippen MR) is 82.0 cm³/mol. The second kappa shape index (κ2) is 6.99. The molecule has 0 aliphatic carbocycles. The molecule has 110 valence electrons. The molecule has 0 aliphatic heterocycles. The zero-order chi connectivity index (χ0) is 15.2. The largest absolute Gasteiger partial charge is 0.380 e. The third-order valence-electron chi connectivity index (χ3n) is 2.96. The highest BCUT2D eigenvalue weighted by Gasteiger charge is 2.08. The molecule has 0 fully saturated rings. The van der Waals surface area contributed by atoms with Crippen molar-refractivity contribution in [2.45, 2.75) is 26.5 Å².